The van der Waals surface area contributed by atoms with Gasteiger partial charge in [0.25, 0.3) is 11.8 Å². The highest BCUT2D eigenvalue weighted by Crippen LogP contribution is 2.15. The quantitative estimate of drug-likeness (QED) is 0.315. The van der Waals surface area contributed by atoms with Gasteiger partial charge in [-0.05, 0) is 74.6 Å². The summed E-state index contributed by atoms with van der Waals surface area (Å²) in [4.78, 5) is 27.0. The van der Waals surface area contributed by atoms with E-state index in [1.54, 1.807) is 53.4 Å². The molecule has 2 N–H and O–H groups in total. The van der Waals surface area contributed by atoms with E-state index in [2.05, 4.69) is 10.6 Å². The number of para-hydroxylation sites is 1. The highest BCUT2D eigenvalue weighted by atomic mass is 32.1. The van der Waals surface area contributed by atoms with Gasteiger partial charge in [0, 0.05) is 29.9 Å². The van der Waals surface area contributed by atoms with Crippen molar-refractivity contribution in [2.45, 2.75) is 13.8 Å². The first kappa shape index (κ1) is 25.7. The first-order valence-corrected chi connectivity index (χ1v) is 11.8. The first-order chi connectivity index (χ1) is 17.0. The molecule has 0 radical (unpaired) electrons. The van der Waals surface area contributed by atoms with Crippen molar-refractivity contribution in [1.82, 2.24) is 10.2 Å². The van der Waals surface area contributed by atoms with Crippen molar-refractivity contribution in [2.75, 3.05) is 31.6 Å². The Balaban J connectivity index is 1.52. The Kier molecular flexibility index (Phi) is 9.62. The molecular formula is C27H29N3O4S. The van der Waals surface area contributed by atoms with Gasteiger partial charge in [-0.15, -0.1) is 0 Å². The van der Waals surface area contributed by atoms with Gasteiger partial charge < -0.3 is 19.7 Å². The SMILES string of the molecule is CCN(CC)C(=O)c1cccc(NC(=S)NC(=O)c2cccc(OCCOc3ccccc3)c2)c1. The number of rotatable bonds is 10. The van der Waals surface area contributed by atoms with Crippen LogP contribution in [-0.4, -0.2) is 48.1 Å². The second-order valence-corrected chi connectivity index (χ2v) is 7.91. The third kappa shape index (κ3) is 7.82. The van der Waals surface area contributed by atoms with Crippen LogP contribution in [0.3, 0.4) is 0 Å². The predicted octanol–water partition coefficient (Wildman–Crippen LogP) is 4.75. The van der Waals surface area contributed by atoms with Gasteiger partial charge in [0.2, 0.25) is 0 Å². The van der Waals surface area contributed by atoms with Crippen molar-refractivity contribution >= 4 is 34.8 Å². The lowest BCUT2D eigenvalue weighted by Gasteiger charge is -2.19. The molecule has 0 aliphatic carbocycles. The molecule has 0 saturated carbocycles. The molecule has 8 heteroatoms. The number of anilines is 1. The molecule has 182 valence electrons. The normalized spacial score (nSPS) is 10.2. The molecule has 2 amide bonds. The van der Waals surface area contributed by atoms with Crippen LogP contribution in [0, 0.1) is 0 Å². The summed E-state index contributed by atoms with van der Waals surface area (Å²) < 4.78 is 11.3. The van der Waals surface area contributed by atoms with Crippen molar-refractivity contribution in [3.63, 3.8) is 0 Å². The standard InChI is InChI=1S/C27H29N3O4S/c1-3-30(4-2)26(32)21-11-8-12-22(18-21)28-27(35)29-25(31)20-10-9-15-24(19-20)34-17-16-33-23-13-6-5-7-14-23/h5-15,18-19H,3-4,16-17H2,1-2H3,(H2,28,29,31,35). The van der Waals surface area contributed by atoms with Crippen LogP contribution in [-0.2, 0) is 0 Å². The average Bonchev–Trinajstić information content (AvgIpc) is 2.88. The summed E-state index contributed by atoms with van der Waals surface area (Å²) in [5, 5.41) is 5.76. The molecule has 3 aromatic rings. The van der Waals surface area contributed by atoms with Crippen molar-refractivity contribution in [3.8, 4) is 11.5 Å². The summed E-state index contributed by atoms with van der Waals surface area (Å²) in [5.74, 6) is 0.896. The second-order valence-electron chi connectivity index (χ2n) is 7.50. The molecule has 0 fully saturated rings. The Labute approximate surface area is 211 Å². The Morgan fingerprint density at radius 1 is 0.800 bits per heavy atom. The summed E-state index contributed by atoms with van der Waals surface area (Å²) in [7, 11) is 0. The number of hydrogen-bond donors (Lipinski definition) is 2. The summed E-state index contributed by atoms with van der Waals surface area (Å²) >= 11 is 5.30. The van der Waals surface area contributed by atoms with Crippen LogP contribution < -0.4 is 20.1 Å². The van der Waals surface area contributed by atoms with Gasteiger partial charge in [-0.1, -0.05) is 30.3 Å². The van der Waals surface area contributed by atoms with E-state index < -0.39 is 0 Å². The van der Waals surface area contributed by atoms with Crippen LogP contribution in [0.4, 0.5) is 5.69 Å². The number of amides is 2. The van der Waals surface area contributed by atoms with Gasteiger partial charge in [0.1, 0.15) is 24.7 Å². The lowest BCUT2D eigenvalue weighted by atomic mass is 10.1. The van der Waals surface area contributed by atoms with Crippen molar-refractivity contribution in [1.29, 1.82) is 0 Å². The summed E-state index contributed by atoms with van der Waals surface area (Å²) in [6.07, 6.45) is 0. The molecule has 0 spiro atoms. The molecule has 0 atom stereocenters. The Morgan fingerprint density at radius 2 is 1.43 bits per heavy atom. The number of carbonyl (C=O) groups excluding carboxylic acids is 2. The molecular weight excluding hydrogens is 462 g/mol. The maximum absolute atomic E-state index is 12.7. The van der Waals surface area contributed by atoms with Crippen LogP contribution >= 0.6 is 12.2 Å². The topological polar surface area (TPSA) is 79.9 Å². The zero-order valence-electron chi connectivity index (χ0n) is 19.8. The van der Waals surface area contributed by atoms with E-state index in [1.807, 2.05) is 44.2 Å². The minimum atomic E-state index is -0.371. The molecule has 0 saturated heterocycles. The molecule has 35 heavy (non-hydrogen) atoms. The van der Waals surface area contributed by atoms with Crippen molar-refractivity contribution < 1.29 is 19.1 Å². The van der Waals surface area contributed by atoms with E-state index in [-0.39, 0.29) is 16.9 Å². The Bertz CT molecular complexity index is 1150. The van der Waals surface area contributed by atoms with Crippen LogP contribution in [0.2, 0.25) is 0 Å². The van der Waals surface area contributed by atoms with Crippen LogP contribution in [0.1, 0.15) is 34.6 Å². The van der Waals surface area contributed by atoms with Crippen LogP contribution in [0.25, 0.3) is 0 Å². The van der Waals surface area contributed by atoms with E-state index in [1.165, 1.54) is 0 Å². The lowest BCUT2D eigenvalue weighted by Crippen LogP contribution is -2.34. The third-order valence-electron chi connectivity index (χ3n) is 5.11. The molecule has 0 bridgehead atoms. The van der Waals surface area contributed by atoms with Gasteiger partial charge in [0.05, 0.1) is 0 Å². The largest absolute Gasteiger partial charge is 0.490 e. The minimum absolute atomic E-state index is 0.0559. The molecule has 0 heterocycles. The highest BCUT2D eigenvalue weighted by molar-refractivity contribution is 7.80. The monoisotopic (exact) mass is 491 g/mol. The van der Waals surface area contributed by atoms with E-state index in [0.29, 0.717) is 48.9 Å². The van der Waals surface area contributed by atoms with Gasteiger partial charge in [-0.2, -0.15) is 0 Å². The fourth-order valence-corrected chi connectivity index (χ4v) is 3.53. The van der Waals surface area contributed by atoms with E-state index in [4.69, 9.17) is 21.7 Å². The minimum Gasteiger partial charge on any atom is -0.490 e. The number of nitrogens with one attached hydrogen (secondary N) is 2. The van der Waals surface area contributed by atoms with Crippen LogP contribution in [0.15, 0.2) is 78.9 Å². The molecule has 3 rings (SSSR count). The Hall–Kier alpha value is -3.91. The fourth-order valence-electron chi connectivity index (χ4n) is 3.32. The number of benzene rings is 3. The third-order valence-corrected chi connectivity index (χ3v) is 5.31. The number of hydrogen-bond acceptors (Lipinski definition) is 5. The number of thiocarbonyl (C=S) groups is 1. The zero-order chi connectivity index (χ0) is 25.0. The van der Waals surface area contributed by atoms with E-state index in [0.717, 1.165) is 5.75 Å². The maximum atomic E-state index is 12.7. The summed E-state index contributed by atoms with van der Waals surface area (Å²) in [6.45, 7) is 5.85. The predicted molar refractivity (Wildman–Crippen MR) is 141 cm³/mol. The lowest BCUT2D eigenvalue weighted by molar-refractivity contribution is 0.0772. The average molecular weight is 492 g/mol. The molecule has 0 aliphatic rings. The van der Waals surface area contributed by atoms with Gasteiger partial charge >= 0.3 is 0 Å². The maximum Gasteiger partial charge on any atom is 0.257 e. The van der Waals surface area contributed by atoms with Gasteiger partial charge in [0.15, 0.2) is 5.11 Å². The molecule has 0 aromatic heterocycles. The fraction of sp³-hybridized carbons (Fsp3) is 0.222. The molecule has 3 aromatic carbocycles. The zero-order valence-corrected chi connectivity index (χ0v) is 20.6. The van der Waals surface area contributed by atoms with E-state index >= 15 is 0 Å². The molecule has 0 aliphatic heterocycles. The van der Waals surface area contributed by atoms with Crippen molar-refractivity contribution in [3.05, 3.63) is 90.0 Å². The summed E-state index contributed by atoms with van der Waals surface area (Å²) in [5.41, 5.74) is 1.57. The molecule has 7 nitrogen and oxygen atoms in total. The highest BCUT2D eigenvalue weighted by Gasteiger charge is 2.14. The van der Waals surface area contributed by atoms with E-state index in [9.17, 15) is 9.59 Å². The van der Waals surface area contributed by atoms with Gasteiger partial charge in [-0.25, -0.2) is 0 Å². The Morgan fingerprint density at radius 3 is 2.14 bits per heavy atom. The number of carbonyl (C=O) groups is 2. The van der Waals surface area contributed by atoms with Gasteiger partial charge in [-0.3, -0.25) is 14.9 Å². The number of ether oxygens (including phenoxy) is 2. The smallest absolute Gasteiger partial charge is 0.257 e. The second kappa shape index (κ2) is 13.1. The van der Waals surface area contributed by atoms with Crippen molar-refractivity contribution in [2.24, 2.45) is 0 Å². The first-order valence-electron chi connectivity index (χ1n) is 11.4. The summed E-state index contributed by atoms with van der Waals surface area (Å²) in [6, 6.07) is 23.3. The van der Waals surface area contributed by atoms with Crippen LogP contribution in [0.5, 0.6) is 11.5 Å². The molecule has 0 unspecified atom stereocenters. The number of nitrogens with zero attached hydrogens (tertiary/aromatic N) is 1.